The molecule has 1 aliphatic rings. The van der Waals surface area contributed by atoms with E-state index in [4.69, 9.17) is 4.74 Å². The summed E-state index contributed by atoms with van der Waals surface area (Å²) in [5.41, 5.74) is 0. The smallest absolute Gasteiger partial charge is 0.246 e. The first-order valence-electron chi connectivity index (χ1n) is 7.04. The highest BCUT2D eigenvalue weighted by molar-refractivity contribution is 7.89. The number of methoxy groups -OCH3 is 1. The molecular weight excluding hydrogens is 314 g/mol. The fourth-order valence-electron chi connectivity index (χ4n) is 2.55. The first-order chi connectivity index (χ1) is 10.4. The molecule has 5 nitrogen and oxygen atoms in total. The normalized spacial score (nSPS) is 19.3. The van der Waals surface area contributed by atoms with Crippen LogP contribution in [0.25, 0.3) is 0 Å². The topological polar surface area (TPSA) is 49.9 Å². The van der Waals surface area contributed by atoms with Crippen molar-refractivity contribution in [2.75, 3.05) is 39.9 Å². The summed E-state index contributed by atoms with van der Waals surface area (Å²) in [6.07, 6.45) is 0. The van der Waals surface area contributed by atoms with Gasteiger partial charge in [0.2, 0.25) is 10.0 Å². The molecule has 0 saturated carbocycles. The Morgan fingerprint density at radius 1 is 1.23 bits per heavy atom. The van der Waals surface area contributed by atoms with E-state index < -0.39 is 26.6 Å². The molecule has 0 spiro atoms. The van der Waals surface area contributed by atoms with Gasteiger partial charge in [-0.1, -0.05) is 0 Å². The molecule has 0 radical (unpaired) electrons. The molecular formula is C14H20F2N2O3S. The van der Waals surface area contributed by atoms with E-state index in [1.165, 1.54) is 4.31 Å². The first kappa shape index (κ1) is 17.3. The lowest BCUT2D eigenvalue weighted by atomic mass is 10.2. The molecule has 2 rings (SSSR count). The highest BCUT2D eigenvalue weighted by atomic mass is 32.2. The van der Waals surface area contributed by atoms with Crippen LogP contribution in [-0.2, 0) is 14.8 Å². The van der Waals surface area contributed by atoms with Crippen molar-refractivity contribution in [1.82, 2.24) is 9.21 Å². The Balaban J connectivity index is 2.11. The molecule has 0 aromatic heterocycles. The Morgan fingerprint density at radius 2 is 1.86 bits per heavy atom. The van der Waals surface area contributed by atoms with Gasteiger partial charge in [-0.3, -0.25) is 4.90 Å². The van der Waals surface area contributed by atoms with Crippen LogP contribution in [0.15, 0.2) is 23.1 Å². The second-order valence-corrected chi connectivity index (χ2v) is 7.23. The fourth-order valence-corrected chi connectivity index (χ4v) is 4.04. The maximum Gasteiger partial charge on any atom is 0.246 e. The molecule has 1 aromatic carbocycles. The van der Waals surface area contributed by atoms with Crippen LogP contribution in [-0.4, -0.2) is 63.6 Å². The van der Waals surface area contributed by atoms with Gasteiger partial charge in [-0.2, -0.15) is 4.31 Å². The molecule has 124 valence electrons. The van der Waals surface area contributed by atoms with Gasteiger partial charge in [-0.25, -0.2) is 17.2 Å². The van der Waals surface area contributed by atoms with Crippen molar-refractivity contribution in [1.29, 1.82) is 0 Å². The van der Waals surface area contributed by atoms with Gasteiger partial charge in [0.25, 0.3) is 0 Å². The minimum absolute atomic E-state index is 0.181. The van der Waals surface area contributed by atoms with Crippen molar-refractivity contribution >= 4 is 10.0 Å². The lowest BCUT2D eigenvalue weighted by Crippen LogP contribution is -2.52. The van der Waals surface area contributed by atoms with Crippen LogP contribution in [0, 0.1) is 11.6 Å². The molecule has 1 saturated heterocycles. The van der Waals surface area contributed by atoms with Crippen molar-refractivity contribution < 1.29 is 21.9 Å². The van der Waals surface area contributed by atoms with E-state index in [-0.39, 0.29) is 19.1 Å². The number of piperazine rings is 1. The lowest BCUT2D eigenvalue weighted by molar-refractivity contribution is 0.0766. The molecule has 1 fully saturated rings. The summed E-state index contributed by atoms with van der Waals surface area (Å²) in [7, 11) is -2.40. The average molecular weight is 334 g/mol. The molecule has 0 aliphatic carbocycles. The van der Waals surface area contributed by atoms with Crippen molar-refractivity contribution in [3.63, 3.8) is 0 Å². The van der Waals surface area contributed by atoms with Gasteiger partial charge in [0.05, 0.1) is 6.61 Å². The van der Waals surface area contributed by atoms with Crippen LogP contribution < -0.4 is 0 Å². The standard InChI is InChI=1S/C14H20F2N2O3S/c1-11(10-21-2)17-5-7-18(8-6-17)22(19,20)14-9-12(15)3-4-13(14)16/h3-4,9,11H,5-8,10H2,1-2H3/t11-/m1/s1. The summed E-state index contributed by atoms with van der Waals surface area (Å²) >= 11 is 0. The van der Waals surface area contributed by atoms with Crippen molar-refractivity contribution in [2.45, 2.75) is 17.9 Å². The summed E-state index contributed by atoms with van der Waals surface area (Å²) in [6, 6.07) is 2.64. The molecule has 1 atom stereocenters. The highest BCUT2D eigenvalue weighted by Crippen LogP contribution is 2.22. The summed E-state index contributed by atoms with van der Waals surface area (Å²) in [4.78, 5) is 1.50. The third-order valence-corrected chi connectivity index (χ3v) is 5.73. The van der Waals surface area contributed by atoms with E-state index in [1.807, 2.05) is 6.92 Å². The third kappa shape index (κ3) is 3.62. The monoisotopic (exact) mass is 334 g/mol. The van der Waals surface area contributed by atoms with Gasteiger partial charge in [0, 0.05) is 39.3 Å². The maximum absolute atomic E-state index is 13.7. The molecule has 1 heterocycles. The SMILES string of the molecule is COC[C@@H](C)N1CCN(S(=O)(=O)c2cc(F)ccc2F)CC1. The largest absolute Gasteiger partial charge is 0.383 e. The molecule has 1 aromatic rings. The molecule has 8 heteroatoms. The van der Waals surface area contributed by atoms with Gasteiger partial charge in [0.1, 0.15) is 16.5 Å². The maximum atomic E-state index is 13.7. The number of rotatable bonds is 5. The van der Waals surface area contributed by atoms with Crippen LogP contribution in [0.2, 0.25) is 0 Å². The van der Waals surface area contributed by atoms with Crippen LogP contribution in [0.1, 0.15) is 6.92 Å². The van der Waals surface area contributed by atoms with E-state index in [0.29, 0.717) is 19.7 Å². The van der Waals surface area contributed by atoms with Crippen LogP contribution in [0.3, 0.4) is 0 Å². The fraction of sp³-hybridized carbons (Fsp3) is 0.571. The van der Waals surface area contributed by atoms with Crippen molar-refractivity contribution in [3.05, 3.63) is 29.8 Å². The van der Waals surface area contributed by atoms with Gasteiger partial charge >= 0.3 is 0 Å². The average Bonchev–Trinajstić information content (AvgIpc) is 2.50. The van der Waals surface area contributed by atoms with E-state index >= 15 is 0 Å². The summed E-state index contributed by atoms with van der Waals surface area (Å²) in [6.45, 7) is 4.10. The zero-order valence-corrected chi connectivity index (χ0v) is 13.4. The van der Waals surface area contributed by atoms with Gasteiger partial charge < -0.3 is 4.74 Å². The minimum Gasteiger partial charge on any atom is -0.383 e. The van der Waals surface area contributed by atoms with Crippen molar-refractivity contribution in [3.8, 4) is 0 Å². The second-order valence-electron chi connectivity index (χ2n) is 5.32. The molecule has 0 bridgehead atoms. The van der Waals surface area contributed by atoms with Crippen LogP contribution in [0.4, 0.5) is 8.78 Å². The Hall–Kier alpha value is -1.09. The summed E-state index contributed by atoms with van der Waals surface area (Å²) < 4.78 is 58.1. The number of hydrogen-bond acceptors (Lipinski definition) is 4. The third-order valence-electron chi connectivity index (χ3n) is 3.82. The number of halogens is 2. The molecule has 0 N–H and O–H groups in total. The Morgan fingerprint density at radius 3 is 2.45 bits per heavy atom. The van der Waals surface area contributed by atoms with E-state index in [9.17, 15) is 17.2 Å². The van der Waals surface area contributed by atoms with Crippen LogP contribution >= 0.6 is 0 Å². The Bertz CT molecular complexity index is 617. The Labute approximate surface area is 129 Å². The van der Waals surface area contributed by atoms with Crippen LogP contribution in [0.5, 0.6) is 0 Å². The zero-order chi connectivity index (χ0) is 16.3. The quantitative estimate of drug-likeness (QED) is 0.815. The van der Waals surface area contributed by atoms with Gasteiger partial charge in [-0.15, -0.1) is 0 Å². The predicted octanol–water partition coefficient (Wildman–Crippen LogP) is 1.31. The molecule has 22 heavy (non-hydrogen) atoms. The predicted molar refractivity (Wildman–Crippen MR) is 78.0 cm³/mol. The van der Waals surface area contributed by atoms with Crippen molar-refractivity contribution in [2.24, 2.45) is 0 Å². The number of ether oxygens (including phenoxy) is 1. The zero-order valence-electron chi connectivity index (χ0n) is 12.6. The second kappa shape index (κ2) is 6.99. The van der Waals surface area contributed by atoms with E-state index in [2.05, 4.69) is 4.90 Å². The number of sulfonamides is 1. The Kier molecular flexibility index (Phi) is 5.49. The van der Waals surface area contributed by atoms with Gasteiger partial charge in [-0.05, 0) is 25.1 Å². The lowest BCUT2D eigenvalue weighted by Gasteiger charge is -2.37. The van der Waals surface area contributed by atoms with E-state index in [1.54, 1.807) is 7.11 Å². The summed E-state index contributed by atoms with van der Waals surface area (Å²) in [5, 5.41) is 0. The number of benzene rings is 1. The number of hydrogen-bond donors (Lipinski definition) is 0. The van der Waals surface area contributed by atoms with Gasteiger partial charge in [0.15, 0.2) is 0 Å². The molecule has 0 unspecified atom stereocenters. The number of nitrogens with zero attached hydrogens (tertiary/aromatic N) is 2. The summed E-state index contributed by atoms with van der Waals surface area (Å²) in [5.74, 6) is -1.70. The van der Waals surface area contributed by atoms with E-state index in [0.717, 1.165) is 18.2 Å². The highest BCUT2D eigenvalue weighted by Gasteiger charge is 2.32. The first-order valence-corrected chi connectivity index (χ1v) is 8.48. The minimum atomic E-state index is -4.02. The molecule has 1 aliphatic heterocycles. The molecule has 0 amide bonds.